The highest BCUT2D eigenvalue weighted by Crippen LogP contribution is 2.29. The van der Waals surface area contributed by atoms with Crippen LogP contribution in [0.2, 0.25) is 0 Å². The predicted octanol–water partition coefficient (Wildman–Crippen LogP) is 5.05. The Labute approximate surface area is 161 Å². The molecule has 142 valence electrons. The van der Waals surface area contributed by atoms with Crippen LogP contribution in [-0.2, 0) is 4.74 Å². The summed E-state index contributed by atoms with van der Waals surface area (Å²) in [6, 6.07) is 6.16. The van der Waals surface area contributed by atoms with Gasteiger partial charge in [0.1, 0.15) is 5.75 Å². The summed E-state index contributed by atoms with van der Waals surface area (Å²) in [5.41, 5.74) is 3.32. The number of anilines is 1. The van der Waals surface area contributed by atoms with Gasteiger partial charge in [-0.25, -0.2) is 0 Å². The molecule has 1 unspecified atom stereocenters. The van der Waals surface area contributed by atoms with Gasteiger partial charge in [-0.2, -0.15) is 11.8 Å². The van der Waals surface area contributed by atoms with E-state index < -0.39 is 0 Å². The van der Waals surface area contributed by atoms with E-state index >= 15 is 0 Å². The van der Waals surface area contributed by atoms with Crippen molar-refractivity contribution in [1.82, 2.24) is 4.98 Å². The number of aryl methyl sites for hydroxylation is 1. The standard InChI is InChI=1S/C21H30N2O2S/c1-16-8-10-23-21-19(16)13-17(24-2)14-20(21)22-9-6-4-3-5-7-18-15-25-11-12-26-18/h8,10,13-14,18,22H,3-7,9,11-12,15H2,1-2H3. The third-order valence-corrected chi connectivity index (χ3v) is 6.17. The number of nitrogens with zero attached hydrogens (tertiary/aromatic N) is 1. The minimum absolute atomic E-state index is 0.722. The summed E-state index contributed by atoms with van der Waals surface area (Å²) >= 11 is 2.08. The number of methoxy groups -OCH3 is 1. The van der Waals surface area contributed by atoms with Gasteiger partial charge in [0.2, 0.25) is 0 Å². The average Bonchev–Trinajstić information content (AvgIpc) is 2.68. The molecule has 0 aliphatic carbocycles. The molecule has 0 saturated carbocycles. The van der Waals surface area contributed by atoms with E-state index in [1.54, 1.807) is 7.11 Å². The van der Waals surface area contributed by atoms with Crippen LogP contribution in [0.1, 0.15) is 37.7 Å². The van der Waals surface area contributed by atoms with Crippen LogP contribution >= 0.6 is 11.8 Å². The number of aromatic nitrogens is 1. The molecule has 1 aliphatic rings. The fourth-order valence-electron chi connectivity index (χ4n) is 3.39. The van der Waals surface area contributed by atoms with Crippen molar-refractivity contribution >= 4 is 28.4 Å². The highest BCUT2D eigenvalue weighted by Gasteiger charge is 2.13. The van der Waals surface area contributed by atoms with Crippen molar-refractivity contribution < 1.29 is 9.47 Å². The number of hydrogen-bond acceptors (Lipinski definition) is 5. The summed E-state index contributed by atoms with van der Waals surface area (Å²) in [5, 5.41) is 5.44. The summed E-state index contributed by atoms with van der Waals surface area (Å²) in [7, 11) is 1.71. The van der Waals surface area contributed by atoms with Crippen LogP contribution in [0, 0.1) is 6.92 Å². The molecule has 1 fully saturated rings. The zero-order valence-electron chi connectivity index (χ0n) is 15.9. The molecule has 4 nitrogen and oxygen atoms in total. The topological polar surface area (TPSA) is 43.4 Å². The minimum Gasteiger partial charge on any atom is -0.497 e. The Morgan fingerprint density at radius 2 is 2.15 bits per heavy atom. The minimum atomic E-state index is 0.722. The Bertz CT molecular complexity index is 702. The third-order valence-electron chi connectivity index (χ3n) is 4.93. The van der Waals surface area contributed by atoms with Crippen molar-refractivity contribution in [2.45, 2.75) is 44.3 Å². The van der Waals surface area contributed by atoms with E-state index in [0.29, 0.717) is 0 Å². The average molecular weight is 375 g/mol. The fourth-order valence-corrected chi connectivity index (χ4v) is 4.46. The Kier molecular flexibility index (Phi) is 7.44. The number of unbranched alkanes of at least 4 members (excludes halogenated alkanes) is 3. The van der Waals surface area contributed by atoms with E-state index in [-0.39, 0.29) is 0 Å². The third kappa shape index (κ3) is 5.27. The van der Waals surface area contributed by atoms with Crippen LogP contribution in [0.5, 0.6) is 5.75 Å². The summed E-state index contributed by atoms with van der Waals surface area (Å²) in [6.07, 6.45) is 8.22. The predicted molar refractivity (Wildman–Crippen MR) is 112 cm³/mol. The van der Waals surface area contributed by atoms with Crippen LogP contribution < -0.4 is 10.1 Å². The van der Waals surface area contributed by atoms with E-state index in [4.69, 9.17) is 9.47 Å². The molecule has 3 rings (SSSR count). The molecule has 0 bridgehead atoms. The number of hydrogen-bond donors (Lipinski definition) is 1. The fraction of sp³-hybridized carbons (Fsp3) is 0.571. The number of fused-ring (bicyclic) bond motifs is 1. The number of pyridine rings is 1. The maximum absolute atomic E-state index is 5.54. The van der Waals surface area contributed by atoms with Gasteiger partial charge in [-0.1, -0.05) is 19.3 Å². The SMILES string of the molecule is COc1cc(NCCCCCCC2COCCS2)c2nccc(C)c2c1. The zero-order chi connectivity index (χ0) is 18.2. The van der Waals surface area contributed by atoms with Crippen LogP contribution in [0.3, 0.4) is 0 Å². The van der Waals surface area contributed by atoms with Crippen molar-refractivity contribution in [3.8, 4) is 5.75 Å². The Morgan fingerprint density at radius 3 is 2.96 bits per heavy atom. The van der Waals surface area contributed by atoms with Crippen molar-refractivity contribution in [2.24, 2.45) is 0 Å². The van der Waals surface area contributed by atoms with Gasteiger partial charge in [-0.05, 0) is 37.5 Å². The largest absolute Gasteiger partial charge is 0.497 e. The lowest BCUT2D eigenvalue weighted by atomic mass is 10.1. The molecule has 1 aromatic carbocycles. The van der Waals surface area contributed by atoms with Gasteiger partial charge in [0.25, 0.3) is 0 Å². The molecule has 2 aromatic rings. The molecular formula is C21H30N2O2S. The first-order chi connectivity index (χ1) is 12.8. The first-order valence-electron chi connectivity index (χ1n) is 9.64. The van der Waals surface area contributed by atoms with Crippen LogP contribution in [0.4, 0.5) is 5.69 Å². The number of nitrogens with one attached hydrogen (secondary N) is 1. The molecule has 1 atom stereocenters. The number of thioether (sulfide) groups is 1. The Morgan fingerprint density at radius 1 is 1.27 bits per heavy atom. The molecule has 0 radical (unpaired) electrons. The molecule has 1 aromatic heterocycles. The first kappa shape index (κ1) is 19.3. The molecule has 2 heterocycles. The van der Waals surface area contributed by atoms with E-state index in [1.807, 2.05) is 12.3 Å². The van der Waals surface area contributed by atoms with Gasteiger partial charge in [-0.3, -0.25) is 4.98 Å². The maximum atomic E-state index is 5.54. The number of rotatable bonds is 9. The lowest BCUT2D eigenvalue weighted by Crippen LogP contribution is -2.20. The second-order valence-corrected chi connectivity index (χ2v) is 8.30. The highest BCUT2D eigenvalue weighted by atomic mass is 32.2. The normalized spacial score (nSPS) is 17.4. The molecule has 1 aliphatic heterocycles. The molecular weight excluding hydrogens is 344 g/mol. The van der Waals surface area contributed by atoms with E-state index in [1.165, 1.54) is 37.7 Å². The van der Waals surface area contributed by atoms with Crippen molar-refractivity contribution in [2.75, 3.05) is 37.9 Å². The smallest absolute Gasteiger partial charge is 0.121 e. The molecule has 0 spiro atoms. The van der Waals surface area contributed by atoms with Crippen LogP contribution in [0.25, 0.3) is 10.9 Å². The van der Waals surface area contributed by atoms with Gasteiger partial charge in [-0.15, -0.1) is 0 Å². The van der Waals surface area contributed by atoms with Crippen LogP contribution in [-0.4, -0.2) is 42.9 Å². The molecule has 1 saturated heterocycles. The number of benzene rings is 1. The van der Waals surface area contributed by atoms with Gasteiger partial charge in [0.05, 0.1) is 31.5 Å². The van der Waals surface area contributed by atoms with Crippen molar-refractivity contribution in [3.63, 3.8) is 0 Å². The lowest BCUT2D eigenvalue weighted by Gasteiger charge is -2.21. The summed E-state index contributed by atoms with van der Waals surface area (Å²) in [4.78, 5) is 4.57. The number of ether oxygens (including phenoxy) is 2. The van der Waals surface area contributed by atoms with Gasteiger partial charge in [0.15, 0.2) is 0 Å². The van der Waals surface area contributed by atoms with Crippen molar-refractivity contribution in [3.05, 3.63) is 30.0 Å². The highest BCUT2D eigenvalue weighted by molar-refractivity contribution is 8.00. The van der Waals surface area contributed by atoms with E-state index in [9.17, 15) is 0 Å². The van der Waals surface area contributed by atoms with Gasteiger partial charge < -0.3 is 14.8 Å². The maximum Gasteiger partial charge on any atom is 0.121 e. The van der Waals surface area contributed by atoms with E-state index in [0.717, 1.165) is 53.1 Å². The lowest BCUT2D eigenvalue weighted by molar-refractivity contribution is 0.141. The second-order valence-electron chi connectivity index (χ2n) is 6.90. The molecule has 26 heavy (non-hydrogen) atoms. The molecule has 0 amide bonds. The Hall–Kier alpha value is -1.46. The molecule has 1 N–H and O–H groups in total. The van der Waals surface area contributed by atoms with Crippen molar-refractivity contribution in [1.29, 1.82) is 0 Å². The zero-order valence-corrected chi connectivity index (χ0v) is 16.7. The second kappa shape index (κ2) is 10.0. The van der Waals surface area contributed by atoms with Crippen LogP contribution in [0.15, 0.2) is 24.4 Å². The summed E-state index contributed by atoms with van der Waals surface area (Å²) < 4.78 is 11.0. The van der Waals surface area contributed by atoms with Gasteiger partial charge >= 0.3 is 0 Å². The molecule has 5 heteroatoms. The quantitative estimate of drug-likeness (QED) is 0.623. The summed E-state index contributed by atoms with van der Waals surface area (Å²) in [6.45, 7) is 4.96. The first-order valence-corrected chi connectivity index (χ1v) is 10.7. The summed E-state index contributed by atoms with van der Waals surface area (Å²) in [5.74, 6) is 2.04. The van der Waals surface area contributed by atoms with E-state index in [2.05, 4.69) is 41.1 Å². The Balaban J connectivity index is 1.43. The van der Waals surface area contributed by atoms with Gasteiger partial charge in [0, 0.05) is 35.2 Å². The monoisotopic (exact) mass is 374 g/mol.